The minimum Gasteiger partial charge on any atom is -0.470 e. The molecular formula is C20H20FN5O2. The Hall–Kier alpha value is -3.00. The molecular weight excluding hydrogens is 361 g/mol. The molecule has 0 amide bonds. The number of nitrogens with one attached hydrogen (secondary N) is 1. The fourth-order valence-corrected chi connectivity index (χ4v) is 3.60. The lowest BCUT2D eigenvalue weighted by Crippen LogP contribution is -2.37. The van der Waals surface area contributed by atoms with Gasteiger partial charge in [-0.05, 0) is 24.3 Å². The highest BCUT2D eigenvalue weighted by Gasteiger charge is 2.28. The number of halogens is 1. The quantitative estimate of drug-likeness (QED) is 0.755. The fourth-order valence-electron chi connectivity index (χ4n) is 3.60. The van der Waals surface area contributed by atoms with Crippen LogP contribution in [0.4, 0.5) is 10.1 Å². The van der Waals surface area contributed by atoms with Crippen LogP contribution in [0, 0.1) is 0 Å². The van der Waals surface area contributed by atoms with Gasteiger partial charge in [-0.3, -0.25) is 14.7 Å². The molecule has 8 heteroatoms. The van der Waals surface area contributed by atoms with Gasteiger partial charge in [0.05, 0.1) is 30.7 Å². The van der Waals surface area contributed by atoms with E-state index in [9.17, 15) is 4.39 Å². The topological polar surface area (TPSA) is 73.6 Å². The average molecular weight is 381 g/mol. The number of aryl methyl sites for hydroxylation is 1. The number of anilines is 1. The summed E-state index contributed by atoms with van der Waals surface area (Å²) in [6.07, 6.45) is 0.620. The lowest BCUT2D eigenvalue weighted by molar-refractivity contribution is -0.0393. The van der Waals surface area contributed by atoms with Gasteiger partial charge in [-0.1, -0.05) is 6.07 Å². The van der Waals surface area contributed by atoms with Gasteiger partial charge in [0, 0.05) is 30.9 Å². The van der Waals surface area contributed by atoms with Crippen molar-refractivity contribution in [1.29, 1.82) is 0 Å². The van der Waals surface area contributed by atoms with Crippen LogP contribution >= 0.6 is 0 Å². The molecule has 0 saturated carbocycles. The van der Waals surface area contributed by atoms with Crippen molar-refractivity contribution in [3.63, 3.8) is 0 Å². The Balaban J connectivity index is 1.40. The van der Waals surface area contributed by atoms with Crippen LogP contribution < -0.4 is 10.1 Å². The Morgan fingerprint density at radius 3 is 3.14 bits per heavy atom. The maximum absolute atomic E-state index is 14.0. The number of aromatic nitrogens is 3. The summed E-state index contributed by atoms with van der Waals surface area (Å²) in [5, 5.41) is 8.63. The predicted octanol–water partition coefficient (Wildman–Crippen LogP) is 2.85. The van der Waals surface area contributed by atoms with Gasteiger partial charge in [0.1, 0.15) is 11.8 Å². The van der Waals surface area contributed by atoms with E-state index >= 15 is 0 Å². The number of benzene rings is 1. The van der Waals surface area contributed by atoms with Crippen LogP contribution in [-0.2, 0) is 18.3 Å². The Labute approximate surface area is 161 Å². The second-order valence-electron chi connectivity index (χ2n) is 7.00. The van der Waals surface area contributed by atoms with Crippen molar-refractivity contribution in [1.82, 2.24) is 14.8 Å². The molecule has 0 radical (unpaired) electrons. The molecule has 2 aliphatic rings. The van der Waals surface area contributed by atoms with Crippen molar-refractivity contribution in [3.8, 4) is 5.88 Å². The van der Waals surface area contributed by atoms with Crippen LogP contribution in [0.5, 0.6) is 5.88 Å². The van der Waals surface area contributed by atoms with E-state index in [-0.39, 0.29) is 6.61 Å². The molecule has 1 N–H and O–H groups in total. The number of alkyl halides is 1. The summed E-state index contributed by atoms with van der Waals surface area (Å²) in [7, 11) is 1.85. The Kier molecular flexibility index (Phi) is 4.20. The minimum absolute atomic E-state index is 0.0706. The third kappa shape index (κ3) is 2.99. The molecule has 2 aromatic heterocycles. The van der Waals surface area contributed by atoms with Gasteiger partial charge in [0.25, 0.3) is 0 Å². The molecule has 144 valence electrons. The first kappa shape index (κ1) is 17.1. The summed E-state index contributed by atoms with van der Waals surface area (Å²) in [4.78, 5) is 8.95. The number of amidine groups is 1. The van der Waals surface area contributed by atoms with Crippen molar-refractivity contribution >= 4 is 22.4 Å². The first-order chi connectivity index (χ1) is 13.7. The number of nitrogens with zero attached hydrogens (tertiary/aromatic N) is 4. The van der Waals surface area contributed by atoms with Gasteiger partial charge in [-0.25, -0.2) is 4.39 Å². The molecule has 7 nitrogen and oxygen atoms in total. The van der Waals surface area contributed by atoms with Gasteiger partial charge in [0.2, 0.25) is 5.88 Å². The third-order valence-electron chi connectivity index (χ3n) is 5.09. The van der Waals surface area contributed by atoms with E-state index in [0.29, 0.717) is 25.5 Å². The molecule has 5 rings (SSSR count). The highest BCUT2D eigenvalue weighted by Crippen LogP contribution is 2.30. The van der Waals surface area contributed by atoms with E-state index in [2.05, 4.69) is 20.4 Å². The molecule has 0 bridgehead atoms. The number of rotatable bonds is 3. The molecule has 1 aromatic carbocycles. The van der Waals surface area contributed by atoms with Crippen LogP contribution in [-0.4, -0.2) is 46.1 Å². The molecule has 28 heavy (non-hydrogen) atoms. The molecule has 1 saturated heterocycles. The molecule has 2 atom stereocenters. The van der Waals surface area contributed by atoms with Gasteiger partial charge < -0.3 is 14.8 Å². The fraction of sp³-hybridized carbons (Fsp3) is 0.350. The van der Waals surface area contributed by atoms with E-state index in [1.807, 2.05) is 37.4 Å². The Morgan fingerprint density at radius 2 is 2.25 bits per heavy atom. The molecule has 2 unspecified atom stereocenters. The lowest BCUT2D eigenvalue weighted by atomic mass is 10.1. The second kappa shape index (κ2) is 6.87. The Bertz CT molecular complexity index is 1060. The maximum atomic E-state index is 14.0. The van der Waals surface area contributed by atoms with E-state index in [0.717, 1.165) is 33.7 Å². The summed E-state index contributed by atoms with van der Waals surface area (Å²) in [6, 6.07) is 9.80. The summed E-state index contributed by atoms with van der Waals surface area (Å²) in [5.41, 5.74) is 3.76. The number of hydrogen-bond acceptors (Lipinski definition) is 6. The second-order valence-corrected chi connectivity index (χ2v) is 7.00. The monoisotopic (exact) mass is 381 g/mol. The van der Waals surface area contributed by atoms with Crippen molar-refractivity contribution in [2.75, 3.05) is 18.5 Å². The van der Waals surface area contributed by atoms with Crippen LogP contribution in [0.2, 0.25) is 0 Å². The van der Waals surface area contributed by atoms with Crippen molar-refractivity contribution in [2.24, 2.45) is 12.0 Å². The van der Waals surface area contributed by atoms with Crippen molar-refractivity contribution in [3.05, 3.63) is 47.8 Å². The third-order valence-corrected chi connectivity index (χ3v) is 5.09. The summed E-state index contributed by atoms with van der Waals surface area (Å²) in [5.74, 6) is 1.21. The van der Waals surface area contributed by atoms with Crippen molar-refractivity contribution in [2.45, 2.75) is 25.2 Å². The van der Waals surface area contributed by atoms with E-state index in [1.165, 1.54) is 0 Å². The van der Waals surface area contributed by atoms with E-state index in [1.54, 1.807) is 10.9 Å². The van der Waals surface area contributed by atoms with Crippen molar-refractivity contribution < 1.29 is 13.9 Å². The first-order valence-electron chi connectivity index (χ1n) is 9.30. The number of aliphatic imine (C=N–C) groups is 1. The normalized spacial score (nSPS) is 21.4. The first-order valence-corrected chi connectivity index (χ1v) is 9.30. The molecule has 0 aliphatic carbocycles. The minimum atomic E-state index is -1.14. The van der Waals surface area contributed by atoms with E-state index < -0.39 is 12.3 Å². The van der Waals surface area contributed by atoms with E-state index in [4.69, 9.17) is 9.47 Å². The lowest BCUT2D eigenvalue weighted by Gasteiger charge is -2.25. The number of fused-ring (bicyclic) bond motifs is 2. The summed E-state index contributed by atoms with van der Waals surface area (Å²) >= 11 is 0. The zero-order chi connectivity index (χ0) is 19.1. The molecule has 2 aliphatic heterocycles. The largest absolute Gasteiger partial charge is 0.470 e. The standard InChI is InChI=1S/C20H20FN5O2/c1-26-16-9-13(24-19-18-12(10-23-19)3-2-7-22-18)4-5-14(16)20(25-26)28-17-6-8-27-11-15(17)21/h2-5,7,9,15,17H,6,8,10-11H2,1H3,(H,23,24). The Morgan fingerprint density at radius 1 is 1.32 bits per heavy atom. The van der Waals surface area contributed by atoms with Crippen LogP contribution in [0.25, 0.3) is 10.9 Å². The molecule has 4 heterocycles. The van der Waals surface area contributed by atoms with Crippen LogP contribution in [0.15, 0.2) is 41.5 Å². The van der Waals surface area contributed by atoms with Crippen LogP contribution in [0.1, 0.15) is 17.7 Å². The molecule has 1 fully saturated rings. The SMILES string of the molecule is Cn1nc(OC2CCOCC2F)c2ccc(NC3=NCc4cccnc43)cc21. The van der Waals surface area contributed by atoms with Gasteiger partial charge >= 0.3 is 0 Å². The molecule has 0 spiro atoms. The zero-order valence-corrected chi connectivity index (χ0v) is 15.4. The van der Waals surface area contributed by atoms with Gasteiger partial charge in [0.15, 0.2) is 12.0 Å². The summed E-state index contributed by atoms with van der Waals surface area (Å²) < 4.78 is 26.8. The maximum Gasteiger partial charge on any atom is 0.241 e. The summed E-state index contributed by atoms with van der Waals surface area (Å²) in [6.45, 7) is 1.20. The number of pyridine rings is 1. The van der Waals surface area contributed by atoms with Gasteiger partial charge in [-0.15, -0.1) is 5.10 Å². The highest BCUT2D eigenvalue weighted by molar-refractivity contribution is 6.09. The van der Waals surface area contributed by atoms with Crippen LogP contribution in [0.3, 0.4) is 0 Å². The highest BCUT2D eigenvalue weighted by atomic mass is 19.1. The molecule has 3 aromatic rings. The average Bonchev–Trinajstić information content (AvgIpc) is 3.25. The number of hydrogen-bond donors (Lipinski definition) is 1. The zero-order valence-electron chi connectivity index (χ0n) is 15.4. The number of ether oxygens (including phenoxy) is 2. The smallest absolute Gasteiger partial charge is 0.241 e. The van der Waals surface area contributed by atoms with Gasteiger partial charge in [-0.2, -0.15) is 0 Å². The predicted molar refractivity (Wildman–Crippen MR) is 104 cm³/mol.